The summed E-state index contributed by atoms with van der Waals surface area (Å²) in [5, 5.41) is 8.18. The first-order chi connectivity index (χ1) is 3.80. The van der Waals surface area contributed by atoms with Gasteiger partial charge in [-0.3, -0.25) is 0 Å². The van der Waals surface area contributed by atoms with Crippen molar-refractivity contribution >= 4 is 24.8 Å². The molecule has 0 amide bonds. The summed E-state index contributed by atoms with van der Waals surface area (Å²) in [6, 6.07) is 2.92. The summed E-state index contributed by atoms with van der Waals surface area (Å²) in [6.07, 6.45) is 1.32. The predicted octanol–water partition coefficient (Wildman–Crippen LogP) is 0.329. The molecule has 0 aliphatic rings. The quantitative estimate of drug-likeness (QED) is 0.543. The van der Waals surface area contributed by atoms with Gasteiger partial charge in [0.05, 0.1) is 6.26 Å². The van der Waals surface area contributed by atoms with E-state index >= 15 is 0 Å². The Bertz CT molecular complexity index is 180. The Labute approximate surface area is 63.8 Å². The van der Waals surface area contributed by atoms with Crippen LogP contribution in [0.3, 0.4) is 0 Å². The summed E-state index contributed by atoms with van der Waals surface area (Å²) in [4.78, 5) is 9.97. The molecule has 44 valence electrons. The molecular formula is C5H5LiO3. The van der Waals surface area contributed by atoms with Crippen LogP contribution in [0.2, 0.25) is 0 Å². The Morgan fingerprint density at radius 1 is 1.67 bits per heavy atom. The number of carboxylic acid groups (broad SMARTS) is 1. The monoisotopic (exact) mass is 120 g/mol. The standard InChI is InChI=1S/C5H4O3.Li.H/c6-5(7)4-2-1-3-8-4;;/h1-3H,(H,6,7);;. The third kappa shape index (κ3) is 1.96. The van der Waals surface area contributed by atoms with Crippen molar-refractivity contribution in [3.8, 4) is 0 Å². The second-order valence-corrected chi connectivity index (χ2v) is 1.28. The van der Waals surface area contributed by atoms with Gasteiger partial charge in [-0.15, -0.1) is 0 Å². The zero-order chi connectivity index (χ0) is 5.98. The molecular weight excluding hydrogens is 115 g/mol. The number of rotatable bonds is 1. The molecule has 1 aromatic heterocycles. The van der Waals surface area contributed by atoms with Gasteiger partial charge in [-0.2, -0.15) is 0 Å². The van der Waals surface area contributed by atoms with Crippen molar-refractivity contribution in [2.75, 3.05) is 0 Å². The third-order valence-corrected chi connectivity index (χ3v) is 0.732. The van der Waals surface area contributed by atoms with E-state index in [0.717, 1.165) is 0 Å². The van der Waals surface area contributed by atoms with Crippen LogP contribution in [0.15, 0.2) is 22.8 Å². The molecule has 0 aromatic carbocycles. The fraction of sp³-hybridized carbons (Fsp3) is 0. The second-order valence-electron chi connectivity index (χ2n) is 1.28. The fourth-order valence-corrected chi connectivity index (χ4v) is 0.400. The van der Waals surface area contributed by atoms with Gasteiger partial charge in [0.2, 0.25) is 5.76 Å². The van der Waals surface area contributed by atoms with Crippen molar-refractivity contribution in [1.82, 2.24) is 0 Å². The van der Waals surface area contributed by atoms with E-state index in [9.17, 15) is 4.79 Å². The van der Waals surface area contributed by atoms with Crippen molar-refractivity contribution in [2.45, 2.75) is 0 Å². The van der Waals surface area contributed by atoms with E-state index in [-0.39, 0.29) is 24.6 Å². The Balaban J connectivity index is 0.000000640. The van der Waals surface area contributed by atoms with Gasteiger partial charge in [0, 0.05) is 0 Å². The first-order valence-corrected chi connectivity index (χ1v) is 2.07. The van der Waals surface area contributed by atoms with Gasteiger partial charge in [-0.1, -0.05) is 0 Å². The van der Waals surface area contributed by atoms with Crippen molar-refractivity contribution in [1.29, 1.82) is 0 Å². The maximum atomic E-state index is 9.97. The first kappa shape index (κ1) is 8.35. The number of hydrogen-bond donors (Lipinski definition) is 1. The molecule has 0 spiro atoms. The average Bonchev–Trinajstić information content (AvgIpc) is 2.12. The third-order valence-electron chi connectivity index (χ3n) is 0.732. The van der Waals surface area contributed by atoms with Gasteiger partial charge in [-0.25, -0.2) is 4.79 Å². The van der Waals surface area contributed by atoms with Crippen LogP contribution in [0, 0.1) is 0 Å². The molecule has 1 N–H and O–H groups in total. The van der Waals surface area contributed by atoms with E-state index in [1.54, 1.807) is 0 Å². The summed E-state index contributed by atoms with van der Waals surface area (Å²) >= 11 is 0. The molecule has 0 saturated carbocycles. The van der Waals surface area contributed by atoms with Crippen LogP contribution >= 0.6 is 0 Å². The van der Waals surface area contributed by atoms with E-state index in [0.29, 0.717) is 0 Å². The number of carbonyl (C=O) groups is 1. The Kier molecular flexibility index (Phi) is 3.14. The summed E-state index contributed by atoms with van der Waals surface area (Å²) in [7, 11) is 0. The molecule has 0 aliphatic heterocycles. The van der Waals surface area contributed by atoms with Gasteiger partial charge in [0.25, 0.3) is 0 Å². The van der Waals surface area contributed by atoms with E-state index in [1.165, 1.54) is 18.4 Å². The van der Waals surface area contributed by atoms with Crippen molar-refractivity contribution < 1.29 is 14.3 Å². The molecule has 4 heteroatoms. The Hall–Kier alpha value is -0.653. The predicted molar refractivity (Wildman–Crippen MR) is 32.8 cm³/mol. The van der Waals surface area contributed by atoms with Crippen LogP contribution in [0.5, 0.6) is 0 Å². The topological polar surface area (TPSA) is 50.4 Å². The minimum atomic E-state index is -1.03. The molecule has 0 atom stereocenters. The molecule has 0 bridgehead atoms. The molecule has 1 aromatic rings. The van der Waals surface area contributed by atoms with Gasteiger partial charge in [-0.05, 0) is 12.1 Å². The summed E-state index contributed by atoms with van der Waals surface area (Å²) in [5.41, 5.74) is 0. The molecule has 0 saturated heterocycles. The molecule has 1 rings (SSSR count). The van der Waals surface area contributed by atoms with Gasteiger partial charge in [0.15, 0.2) is 0 Å². The van der Waals surface area contributed by atoms with Gasteiger partial charge in [0.1, 0.15) is 0 Å². The average molecular weight is 120 g/mol. The van der Waals surface area contributed by atoms with Crippen LogP contribution in [0.4, 0.5) is 0 Å². The number of furan rings is 1. The molecule has 0 fully saturated rings. The zero-order valence-corrected chi connectivity index (χ0v) is 4.00. The number of hydrogen-bond acceptors (Lipinski definition) is 2. The minimum absolute atomic E-state index is 0. The summed E-state index contributed by atoms with van der Waals surface area (Å²) in [5.74, 6) is -1.06. The van der Waals surface area contributed by atoms with E-state index in [2.05, 4.69) is 4.42 Å². The van der Waals surface area contributed by atoms with Crippen molar-refractivity contribution in [3.63, 3.8) is 0 Å². The second kappa shape index (κ2) is 3.39. The normalized spacial score (nSPS) is 8.00. The van der Waals surface area contributed by atoms with Crippen LogP contribution in [-0.2, 0) is 0 Å². The van der Waals surface area contributed by atoms with E-state index in [1.807, 2.05) is 0 Å². The van der Waals surface area contributed by atoms with Gasteiger partial charge < -0.3 is 9.52 Å². The molecule has 0 aliphatic carbocycles. The van der Waals surface area contributed by atoms with Crippen LogP contribution in [-0.4, -0.2) is 29.9 Å². The van der Waals surface area contributed by atoms with Crippen LogP contribution < -0.4 is 0 Å². The number of aromatic carboxylic acids is 1. The SMILES string of the molecule is O=C(O)c1ccco1.[LiH]. The van der Waals surface area contributed by atoms with E-state index < -0.39 is 5.97 Å². The van der Waals surface area contributed by atoms with Gasteiger partial charge >= 0.3 is 24.8 Å². The molecule has 1 heterocycles. The maximum absolute atomic E-state index is 9.97. The molecule has 0 radical (unpaired) electrons. The van der Waals surface area contributed by atoms with Crippen LogP contribution in [0.25, 0.3) is 0 Å². The molecule has 0 unspecified atom stereocenters. The summed E-state index contributed by atoms with van der Waals surface area (Å²) in [6.45, 7) is 0. The summed E-state index contributed by atoms with van der Waals surface area (Å²) < 4.78 is 4.50. The molecule has 9 heavy (non-hydrogen) atoms. The first-order valence-electron chi connectivity index (χ1n) is 2.07. The van der Waals surface area contributed by atoms with E-state index in [4.69, 9.17) is 5.11 Å². The fourth-order valence-electron chi connectivity index (χ4n) is 0.400. The zero-order valence-electron chi connectivity index (χ0n) is 4.00. The van der Waals surface area contributed by atoms with Crippen LogP contribution in [0.1, 0.15) is 10.6 Å². The number of carboxylic acids is 1. The van der Waals surface area contributed by atoms with Crippen molar-refractivity contribution in [2.24, 2.45) is 0 Å². The van der Waals surface area contributed by atoms with Crippen molar-refractivity contribution in [3.05, 3.63) is 24.2 Å². The Morgan fingerprint density at radius 3 is 2.56 bits per heavy atom. The Morgan fingerprint density at radius 2 is 2.33 bits per heavy atom. The molecule has 3 nitrogen and oxygen atoms in total.